The smallest absolute Gasteiger partial charge is 0.150 e. The van der Waals surface area contributed by atoms with Crippen molar-refractivity contribution in [3.05, 3.63) is 60.8 Å². The minimum atomic E-state index is 0.0692. The number of allylic oxidation sites excluding steroid dienone is 3. The average molecular weight is 349 g/mol. The van der Waals surface area contributed by atoms with Crippen LogP contribution in [0.2, 0.25) is 0 Å². The van der Waals surface area contributed by atoms with Crippen molar-refractivity contribution in [1.29, 1.82) is 0 Å². The first kappa shape index (κ1) is 19.8. The topological polar surface area (TPSA) is 84.7 Å². The van der Waals surface area contributed by atoms with Crippen LogP contribution in [0.1, 0.15) is 12.8 Å². The second kappa shape index (κ2) is 10.5. The highest BCUT2D eigenvalue weighted by atomic mass is 35.5. The number of hydrogen-bond donors (Lipinski definition) is 2. The largest absolute Gasteiger partial charge is 0.405 e. The Labute approximate surface area is 148 Å². The van der Waals surface area contributed by atoms with E-state index in [1.807, 2.05) is 12.2 Å². The second-order valence-electron chi connectivity index (χ2n) is 5.42. The number of likely N-dealkylation sites (tertiary alicyclic amines) is 1. The lowest BCUT2D eigenvalue weighted by molar-refractivity contribution is -0.121. The van der Waals surface area contributed by atoms with Gasteiger partial charge in [-0.05, 0) is 37.3 Å². The number of alkyl halides is 1. The van der Waals surface area contributed by atoms with Crippen molar-refractivity contribution < 1.29 is 4.79 Å². The lowest BCUT2D eigenvalue weighted by atomic mass is 9.93. The van der Waals surface area contributed by atoms with Crippen molar-refractivity contribution in [3.63, 3.8) is 0 Å². The predicted molar refractivity (Wildman–Crippen MR) is 102 cm³/mol. The van der Waals surface area contributed by atoms with Crippen LogP contribution in [-0.4, -0.2) is 35.9 Å². The van der Waals surface area contributed by atoms with E-state index in [9.17, 15) is 4.79 Å². The Hall–Kier alpha value is -2.27. The molecular weight excluding hydrogens is 324 g/mol. The van der Waals surface area contributed by atoms with Crippen molar-refractivity contribution in [3.8, 4) is 0 Å². The van der Waals surface area contributed by atoms with Crippen molar-refractivity contribution in [1.82, 2.24) is 4.90 Å². The summed E-state index contributed by atoms with van der Waals surface area (Å²) in [5.74, 6) is 0.296. The highest BCUT2D eigenvalue weighted by Crippen LogP contribution is 2.22. The molecule has 1 heterocycles. The zero-order valence-electron chi connectivity index (χ0n) is 13.8. The SMILES string of the molecule is C=C(/N=C\C=C/N)C(/C=C\C(=C)N1CCC(C(=O)CCl)CC1)=C/N. The first-order valence-electron chi connectivity index (χ1n) is 7.76. The zero-order chi connectivity index (χ0) is 17.9. The third-order valence-corrected chi connectivity index (χ3v) is 4.15. The number of carbonyl (C=O) groups excluding carboxylic acids is 1. The number of halogens is 1. The Morgan fingerprint density at radius 1 is 1.25 bits per heavy atom. The zero-order valence-corrected chi connectivity index (χ0v) is 14.6. The molecule has 0 aromatic heterocycles. The quantitative estimate of drug-likeness (QED) is 0.401. The van der Waals surface area contributed by atoms with Crippen LogP contribution in [0.15, 0.2) is 65.7 Å². The molecule has 0 aliphatic carbocycles. The van der Waals surface area contributed by atoms with Gasteiger partial charge in [-0.1, -0.05) is 13.2 Å². The van der Waals surface area contributed by atoms with E-state index >= 15 is 0 Å². The molecule has 0 aromatic carbocycles. The molecule has 24 heavy (non-hydrogen) atoms. The lowest BCUT2D eigenvalue weighted by Gasteiger charge is -2.33. The Kier molecular flexibility index (Phi) is 8.65. The number of ketones is 1. The number of aliphatic imine (C=N–C) groups is 1. The third kappa shape index (κ3) is 6.08. The number of nitrogens with zero attached hydrogens (tertiary/aromatic N) is 2. The van der Waals surface area contributed by atoms with Crippen LogP contribution in [0, 0.1) is 5.92 Å². The molecule has 1 rings (SSSR count). The first-order chi connectivity index (χ1) is 11.5. The maximum absolute atomic E-state index is 11.6. The first-order valence-corrected chi connectivity index (χ1v) is 8.29. The number of piperidine rings is 1. The summed E-state index contributed by atoms with van der Waals surface area (Å²) < 4.78 is 0. The van der Waals surface area contributed by atoms with Gasteiger partial charge in [-0.25, -0.2) is 0 Å². The van der Waals surface area contributed by atoms with Gasteiger partial charge in [-0.2, -0.15) is 0 Å². The number of rotatable bonds is 8. The molecule has 0 bridgehead atoms. The summed E-state index contributed by atoms with van der Waals surface area (Å²) in [6.07, 6.45) is 11.3. The van der Waals surface area contributed by atoms with Crippen LogP contribution in [0.25, 0.3) is 0 Å². The second-order valence-corrected chi connectivity index (χ2v) is 5.68. The summed E-state index contributed by atoms with van der Waals surface area (Å²) in [4.78, 5) is 17.9. The van der Waals surface area contributed by atoms with Crippen LogP contribution in [0.5, 0.6) is 0 Å². The molecule has 130 valence electrons. The van der Waals surface area contributed by atoms with Gasteiger partial charge in [0.05, 0.1) is 11.6 Å². The summed E-state index contributed by atoms with van der Waals surface area (Å²) in [7, 11) is 0. The Bertz CT molecular complexity index is 582. The average Bonchev–Trinajstić information content (AvgIpc) is 2.61. The van der Waals surface area contributed by atoms with Gasteiger partial charge >= 0.3 is 0 Å². The van der Waals surface area contributed by atoms with E-state index in [-0.39, 0.29) is 17.6 Å². The molecule has 1 aliphatic rings. The van der Waals surface area contributed by atoms with Gasteiger partial charge in [-0.15, -0.1) is 11.6 Å². The lowest BCUT2D eigenvalue weighted by Crippen LogP contribution is -2.35. The summed E-state index contributed by atoms with van der Waals surface area (Å²) in [5, 5.41) is 0. The fraction of sp³-hybridized carbons (Fsp3) is 0.333. The molecule has 0 unspecified atom stereocenters. The maximum atomic E-state index is 11.6. The molecule has 5 nitrogen and oxygen atoms in total. The van der Waals surface area contributed by atoms with E-state index in [1.54, 1.807) is 12.3 Å². The van der Waals surface area contributed by atoms with Gasteiger partial charge in [0.15, 0.2) is 5.78 Å². The molecule has 0 aromatic rings. The molecule has 1 aliphatic heterocycles. The minimum Gasteiger partial charge on any atom is -0.405 e. The van der Waals surface area contributed by atoms with Crippen LogP contribution >= 0.6 is 11.6 Å². The Morgan fingerprint density at radius 2 is 1.92 bits per heavy atom. The summed E-state index contributed by atoms with van der Waals surface area (Å²) >= 11 is 5.62. The molecule has 1 saturated heterocycles. The van der Waals surface area contributed by atoms with Gasteiger partial charge in [0.25, 0.3) is 0 Å². The van der Waals surface area contributed by atoms with E-state index < -0.39 is 0 Å². The molecule has 0 saturated carbocycles. The van der Waals surface area contributed by atoms with Crippen LogP contribution in [0.3, 0.4) is 0 Å². The number of Topliss-reactive ketones (excluding diaryl/α,β-unsaturated/α-hetero) is 1. The van der Waals surface area contributed by atoms with E-state index in [4.69, 9.17) is 23.1 Å². The van der Waals surface area contributed by atoms with Gasteiger partial charge in [-0.3, -0.25) is 9.79 Å². The van der Waals surface area contributed by atoms with Crippen molar-refractivity contribution in [2.45, 2.75) is 12.8 Å². The van der Waals surface area contributed by atoms with Gasteiger partial charge in [0.2, 0.25) is 0 Å². The number of carbonyl (C=O) groups is 1. The minimum absolute atomic E-state index is 0.0692. The van der Waals surface area contributed by atoms with E-state index in [0.29, 0.717) is 11.3 Å². The Balaban J connectivity index is 2.59. The number of hydrogen-bond acceptors (Lipinski definition) is 5. The van der Waals surface area contributed by atoms with Crippen molar-refractivity contribution in [2.75, 3.05) is 19.0 Å². The number of nitrogens with two attached hydrogens (primary N) is 2. The Morgan fingerprint density at radius 3 is 2.46 bits per heavy atom. The normalized spacial score (nSPS) is 17.2. The molecule has 6 heteroatoms. The van der Waals surface area contributed by atoms with Gasteiger partial charge in [0.1, 0.15) is 0 Å². The van der Waals surface area contributed by atoms with Crippen molar-refractivity contribution >= 4 is 23.6 Å². The maximum Gasteiger partial charge on any atom is 0.150 e. The molecule has 0 amide bonds. The fourth-order valence-corrected chi connectivity index (χ4v) is 2.61. The predicted octanol–water partition coefficient (Wildman–Crippen LogP) is 2.48. The monoisotopic (exact) mass is 348 g/mol. The molecule has 4 N–H and O–H groups in total. The van der Waals surface area contributed by atoms with E-state index in [0.717, 1.165) is 31.6 Å². The van der Waals surface area contributed by atoms with Crippen LogP contribution in [-0.2, 0) is 4.79 Å². The fourth-order valence-electron chi connectivity index (χ4n) is 2.39. The molecule has 1 fully saturated rings. The molecule has 0 spiro atoms. The molecule has 0 radical (unpaired) electrons. The van der Waals surface area contributed by atoms with E-state index in [1.165, 1.54) is 12.4 Å². The molecular formula is C18H25ClN4O. The summed E-state index contributed by atoms with van der Waals surface area (Å²) in [6, 6.07) is 0. The van der Waals surface area contributed by atoms with Gasteiger partial charge < -0.3 is 16.4 Å². The van der Waals surface area contributed by atoms with Gasteiger partial charge in [0, 0.05) is 42.7 Å². The van der Waals surface area contributed by atoms with Crippen molar-refractivity contribution in [2.24, 2.45) is 22.4 Å². The standard InChI is InChI=1S/C18H25ClN4O/c1-14(23-10-6-16(7-11-23)18(24)12-19)4-5-17(13-21)15(2)22-9-3-8-20/h3-5,8-9,13,16H,1-2,6-7,10-12,20-21H2/b5-4-,8-3-,17-13+,22-9-. The highest BCUT2D eigenvalue weighted by molar-refractivity contribution is 6.27. The van der Waals surface area contributed by atoms with Crippen LogP contribution in [0.4, 0.5) is 0 Å². The summed E-state index contributed by atoms with van der Waals surface area (Å²) in [6.45, 7) is 9.52. The third-order valence-electron chi connectivity index (χ3n) is 3.88. The highest BCUT2D eigenvalue weighted by Gasteiger charge is 2.24. The summed E-state index contributed by atoms with van der Waals surface area (Å²) in [5.41, 5.74) is 13.0. The molecule has 0 atom stereocenters. The van der Waals surface area contributed by atoms with E-state index in [2.05, 4.69) is 23.1 Å². The van der Waals surface area contributed by atoms with Crippen LogP contribution < -0.4 is 11.5 Å².